The molecule has 0 unspecified atom stereocenters. The normalized spacial score (nSPS) is 13.0. The van der Waals surface area contributed by atoms with Gasteiger partial charge < -0.3 is 5.73 Å². The van der Waals surface area contributed by atoms with Crippen molar-refractivity contribution in [2.45, 2.75) is 20.8 Å². The lowest BCUT2D eigenvalue weighted by atomic mass is 9.95. The molecule has 0 atom stereocenters. The Morgan fingerprint density at radius 3 is 2.33 bits per heavy atom. The number of rotatable bonds is 1. The summed E-state index contributed by atoms with van der Waals surface area (Å²) < 4.78 is 1.08. The highest BCUT2D eigenvalue weighted by Gasteiger charge is 2.15. The van der Waals surface area contributed by atoms with E-state index in [1.807, 2.05) is 12.1 Å². The zero-order valence-electron chi connectivity index (χ0n) is 10.9. The number of nitrogens with zero attached hydrogens (tertiary/aromatic N) is 1. The summed E-state index contributed by atoms with van der Waals surface area (Å²) in [7, 11) is 0. The number of hydrogen-bond acceptors (Lipinski definition) is 1. The molecule has 0 spiro atoms. The van der Waals surface area contributed by atoms with Gasteiger partial charge in [-0.3, -0.25) is 0 Å². The fourth-order valence-electron chi connectivity index (χ4n) is 1.58. The van der Waals surface area contributed by atoms with E-state index in [-0.39, 0.29) is 5.41 Å². The van der Waals surface area contributed by atoms with E-state index in [4.69, 9.17) is 5.73 Å². The van der Waals surface area contributed by atoms with Gasteiger partial charge >= 0.3 is 0 Å². The molecule has 0 fully saturated rings. The Labute approximate surface area is 116 Å². The Kier molecular flexibility index (Phi) is 3.44. The minimum Gasteiger partial charge on any atom is -0.387 e. The lowest BCUT2D eigenvalue weighted by Crippen LogP contribution is -2.28. The number of hydrogen-bond donors (Lipinski definition) is 1. The number of halogens is 1. The number of aliphatic imine (C=N–C) groups is 1. The lowest BCUT2D eigenvalue weighted by molar-refractivity contribution is 0.585. The monoisotopic (exact) mass is 304 g/mol. The second-order valence-electron chi connectivity index (χ2n) is 5.42. The van der Waals surface area contributed by atoms with E-state index in [2.05, 4.69) is 66.0 Å². The molecule has 0 aliphatic rings. The Hall–Kier alpha value is -1.35. The Morgan fingerprint density at radius 2 is 1.67 bits per heavy atom. The molecule has 3 heteroatoms. The molecule has 0 heterocycles. The van der Waals surface area contributed by atoms with Gasteiger partial charge in [0.15, 0.2) is 0 Å². The first-order valence-electron chi connectivity index (χ1n) is 5.90. The summed E-state index contributed by atoms with van der Waals surface area (Å²) in [6.07, 6.45) is 0. The topological polar surface area (TPSA) is 38.4 Å². The zero-order valence-corrected chi connectivity index (χ0v) is 12.5. The predicted octanol–water partition coefficient (Wildman–Crippen LogP) is 4.64. The summed E-state index contributed by atoms with van der Waals surface area (Å²) in [5.41, 5.74) is 6.79. The second-order valence-corrected chi connectivity index (χ2v) is 6.34. The molecule has 2 nitrogen and oxygen atoms in total. The van der Waals surface area contributed by atoms with E-state index in [1.54, 1.807) is 0 Å². The summed E-state index contributed by atoms with van der Waals surface area (Å²) in [4.78, 5) is 4.49. The molecule has 2 aromatic carbocycles. The quantitative estimate of drug-likeness (QED) is 0.605. The van der Waals surface area contributed by atoms with Crippen molar-refractivity contribution in [2.24, 2.45) is 16.1 Å². The number of nitrogens with two attached hydrogens (primary N) is 1. The van der Waals surface area contributed by atoms with Crippen molar-refractivity contribution in [2.75, 3.05) is 0 Å². The average molecular weight is 305 g/mol. The third kappa shape index (κ3) is 2.91. The number of benzene rings is 2. The minimum atomic E-state index is -0.103. The maximum absolute atomic E-state index is 5.99. The predicted molar refractivity (Wildman–Crippen MR) is 82.4 cm³/mol. The second kappa shape index (κ2) is 4.73. The molecular weight excluding hydrogens is 288 g/mol. The number of amidine groups is 1. The van der Waals surface area contributed by atoms with Gasteiger partial charge in [-0.05, 0) is 35.0 Å². The van der Waals surface area contributed by atoms with Crippen molar-refractivity contribution in [3.8, 4) is 0 Å². The van der Waals surface area contributed by atoms with Crippen LogP contribution >= 0.6 is 15.9 Å². The van der Waals surface area contributed by atoms with Gasteiger partial charge in [0.1, 0.15) is 5.84 Å². The third-order valence-corrected chi connectivity index (χ3v) is 3.30. The Morgan fingerprint density at radius 1 is 1.06 bits per heavy atom. The molecule has 0 aliphatic heterocycles. The molecule has 2 aromatic rings. The van der Waals surface area contributed by atoms with Gasteiger partial charge in [-0.2, -0.15) is 0 Å². The van der Waals surface area contributed by atoms with Gasteiger partial charge in [-0.1, -0.05) is 48.8 Å². The van der Waals surface area contributed by atoms with Crippen LogP contribution in [-0.4, -0.2) is 5.84 Å². The van der Waals surface area contributed by atoms with Crippen LogP contribution < -0.4 is 5.73 Å². The molecular formula is C15H17BrN2. The van der Waals surface area contributed by atoms with Crippen LogP contribution in [0.15, 0.2) is 45.9 Å². The zero-order chi connectivity index (χ0) is 13.3. The first-order valence-corrected chi connectivity index (χ1v) is 6.69. The fourth-order valence-corrected chi connectivity index (χ4v) is 1.96. The molecule has 0 saturated carbocycles. The van der Waals surface area contributed by atoms with Gasteiger partial charge in [0.2, 0.25) is 0 Å². The standard InChI is InChI=1S/C15H17BrN2/c1-15(2,3)14(17)18-13-7-5-10-8-12(16)6-4-11(10)9-13/h4-9H,1-3H3,(H2,17,18). The molecule has 0 amide bonds. The van der Waals surface area contributed by atoms with Gasteiger partial charge in [0, 0.05) is 9.89 Å². The van der Waals surface area contributed by atoms with E-state index in [0.29, 0.717) is 5.84 Å². The smallest absolute Gasteiger partial charge is 0.105 e. The summed E-state index contributed by atoms with van der Waals surface area (Å²) in [6.45, 7) is 6.18. The van der Waals surface area contributed by atoms with Gasteiger partial charge in [0.25, 0.3) is 0 Å². The maximum Gasteiger partial charge on any atom is 0.105 e. The van der Waals surface area contributed by atoms with Crippen LogP contribution in [0.2, 0.25) is 0 Å². The molecule has 0 saturated heterocycles. The molecule has 0 aliphatic carbocycles. The van der Waals surface area contributed by atoms with Crippen LogP contribution in [-0.2, 0) is 0 Å². The summed E-state index contributed by atoms with van der Waals surface area (Å²) >= 11 is 3.47. The van der Waals surface area contributed by atoms with Gasteiger partial charge in [-0.25, -0.2) is 4.99 Å². The van der Waals surface area contributed by atoms with Gasteiger partial charge in [-0.15, -0.1) is 0 Å². The van der Waals surface area contributed by atoms with Crippen LogP contribution in [0.3, 0.4) is 0 Å². The van der Waals surface area contributed by atoms with Crippen LogP contribution in [0.4, 0.5) is 5.69 Å². The highest BCUT2D eigenvalue weighted by atomic mass is 79.9. The van der Waals surface area contributed by atoms with Crippen LogP contribution in [0.1, 0.15) is 20.8 Å². The van der Waals surface area contributed by atoms with E-state index in [9.17, 15) is 0 Å². The van der Waals surface area contributed by atoms with Crippen LogP contribution in [0.25, 0.3) is 10.8 Å². The molecule has 2 N–H and O–H groups in total. The minimum absolute atomic E-state index is 0.103. The lowest BCUT2D eigenvalue weighted by Gasteiger charge is -2.17. The molecule has 0 bridgehead atoms. The molecule has 0 aromatic heterocycles. The van der Waals surface area contributed by atoms with Crippen LogP contribution in [0.5, 0.6) is 0 Å². The molecule has 2 rings (SSSR count). The van der Waals surface area contributed by atoms with E-state index in [0.717, 1.165) is 10.2 Å². The van der Waals surface area contributed by atoms with Crippen molar-refractivity contribution >= 4 is 38.2 Å². The van der Waals surface area contributed by atoms with Crippen molar-refractivity contribution in [1.29, 1.82) is 0 Å². The van der Waals surface area contributed by atoms with Crippen molar-refractivity contribution in [1.82, 2.24) is 0 Å². The van der Waals surface area contributed by atoms with Crippen molar-refractivity contribution in [3.63, 3.8) is 0 Å². The molecule has 0 radical (unpaired) electrons. The van der Waals surface area contributed by atoms with Crippen molar-refractivity contribution in [3.05, 3.63) is 40.9 Å². The fraction of sp³-hybridized carbons (Fsp3) is 0.267. The summed E-state index contributed by atoms with van der Waals surface area (Å²) in [5.74, 6) is 0.652. The summed E-state index contributed by atoms with van der Waals surface area (Å²) in [6, 6.07) is 12.3. The Bertz CT molecular complexity index is 609. The van der Waals surface area contributed by atoms with E-state index in [1.165, 1.54) is 10.8 Å². The third-order valence-electron chi connectivity index (χ3n) is 2.80. The highest BCUT2D eigenvalue weighted by Crippen LogP contribution is 2.25. The first-order chi connectivity index (χ1) is 8.36. The first kappa shape index (κ1) is 13.1. The Balaban J connectivity index is 2.45. The SMILES string of the molecule is CC(C)(C)C(N)=Nc1ccc2cc(Br)ccc2c1. The average Bonchev–Trinajstić information content (AvgIpc) is 2.28. The molecule has 94 valence electrons. The summed E-state index contributed by atoms with van der Waals surface area (Å²) in [5, 5.41) is 2.36. The van der Waals surface area contributed by atoms with E-state index < -0.39 is 0 Å². The number of fused-ring (bicyclic) bond motifs is 1. The highest BCUT2D eigenvalue weighted by molar-refractivity contribution is 9.10. The molecule has 18 heavy (non-hydrogen) atoms. The van der Waals surface area contributed by atoms with E-state index >= 15 is 0 Å². The van der Waals surface area contributed by atoms with Crippen molar-refractivity contribution < 1.29 is 0 Å². The maximum atomic E-state index is 5.99. The largest absolute Gasteiger partial charge is 0.387 e. The van der Waals surface area contributed by atoms with Gasteiger partial charge in [0.05, 0.1) is 5.69 Å². The van der Waals surface area contributed by atoms with Crippen LogP contribution in [0, 0.1) is 5.41 Å².